The third-order valence-electron chi connectivity index (χ3n) is 8.04. The van der Waals surface area contributed by atoms with E-state index in [1.165, 1.54) is 5.56 Å². The Labute approximate surface area is 225 Å². The number of piperidine rings is 1. The lowest BCUT2D eigenvalue weighted by Crippen LogP contribution is -2.48. The third-order valence-corrected chi connectivity index (χ3v) is 8.04. The van der Waals surface area contributed by atoms with Crippen molar-refractivity contribution in [3.8, 4) is 0 Å². The van der Waals surface area contributed by atoms with Crippen molar-refractivity contribution in [1.29, 1.82) is 0 Å². The third kappa shape index (κ3) is 7.68. The van der Waals surface area contributed by atoms with Gasteiger partial charge in [0.05, 0.1) is 25.0 Å². The number of benzene rings is 1. The lowest BCUT2D eigenvalue weighted by Gasteiger charge is -2.39. The van der Waals surface area contributed by atoms with Gasteiger partial charge in [-0.15, -0.1) is 0 Å². The molecule has 0 bridgehead atoms. The van der Waals surface area contributed by atoms with Gasteiger partial charge in [-0.1, -0.05) is 30.3 Å². The van der Waals surface area contributed by atoms with Crippen LogP contribution in [0.2, 0.25) is 0 Å². The molecule has 3 aliphatic heterocycles. The minimum Gasteiger partial charge on any atom is -0.481 e. The van der Waals surface area contributed by atoms with E-state index in [0.717, 1.165) is 45.7 Å². The number of esters is 1. The number of cyclic esters (lactones) is 1. The van der Waals surface area contributed by atoms with Crippen molar-refractivity contribution in [2.24, 2.45) is 5.41 Å². The standard InChI is InChI=1S/C28H42N4O6/c1-2-37-26(35)28(19-25(33)34)9-13-30(14-10-28)21-24-22-32(27(36)38-24)12-6-11-29-15-17-31(18-16-29)20-23-7-4-3-5-8-23/h3-5,7-8,24H,2,6,9-22H2,1H3,(H,33,34). The van der Waals surface area contributed by atoms with Crippen LogP contribution in [0.4, 0.5) is 4.79 Å². The van der Waals surface area contributed by atoms with Crippen molar-refractivity contribution in [1.82, 2.24) is 19.6 Å². The van der Waals surface area contributed by atoms with Crippen LogP contribution < -0.4 is 0 Å². The van der Waals surface area contributed by atoms with Crippen LogP contribution in [0.3, 0.4) is 0 Å². The maximum Gasteiger partial charge on any atom is 0.410 e. The molecule has 3 fully saturated rings. The smallest absolute Gasteiger partial charge is 0.410 e. The molecule has 1 atom stereocenters. The second-order valence-corrected chi connectivity index (χ2v) is 10.8. The van der Waals surface area contributed by atoms with Crippen molar-refractivity contribution in [3.05, 3.63) is 35.9 Å². The fourth-order valence-electron chi connectivity index (χ4n) is 5.83. The number of likely N-dealkylation sites (tertiary alicyclic amines) is 1. The van der Waals surface area contributed by atoms with Crippen LogP contribution >= 0.6 is 0 Å². The van der Waals surface area contributed by atoms with Gasteiger partial charge in [0, 0.05) is 45.8 Å². The van der Waals surface area contributed by atoms with Gasteiger partial charge in [0.25, 0.3) is 0 Å². The van der Waals surface area contributed by atoms with Gasteiger partial charge in [-0.25, -0.2) is 4.79 Å². The number of hydrogen-bond donors (Lipinski definition) is 1. The van der Waals surface area contributed by atoms with E-state index >= 15 is 0 Å². The first-order valence-electron chi connectivity index (χ1n) is 13.9. The van der Waals surface area contributed by atoms with Crippen LogP contribution in [-0.2, 0) is 25.6 Å². The molecule has 1 N–H and O–H groups in total. The van der Waals surface area contributed by atoms with Crippen molar-refractivity contribution in [2.75, 3.05) is 72.1 Å². The van der Waals surface area contributed by atoms with Crippen molar-refractivity contribution in [2.45, 2.75) is 45.3 Å². The number of carbonyl (C=O) groups is 3. The largest absolute Gasteiger partial charge is 0.481 e. The summed E-state index contributed by atoms with van der Waals surface area (Å²) in [6, 6.07) is 10.6. The molecule has 38 heavy (non-hydrogen) atoms. The summed E-state index contributed by atoms with van der Waals surface area (Å²) < 4.78 is 10.8. The number of amides is 1. The molecule has 0 saturated carbocycles. The molecule has 1 aromatic carbocycles. The van der Waals surface area contributed by atoms with Gasteiger partial charge in [0.15, 0.2) is 0 Å². The summed E-state index contributed by atoms with van der Waals surface area (Å²) in [5, 5.41) is 9.33. The maximum absolute atomic E-state index is 12.5. The summed E-state index contributed by atoms with van der Waals surface area (Å²) in [5.41, 5.74) is 0.384. The van der Waals surface area contributed by atoms with E-state index in [0.29, 0.717) is 45.6 Å². The quantitative estimate of drug-likeness (QED) is 0.407. The van der Waals surface area contributed by atoms with E-state index in [1.54, 1.807) is 11.8 Å². The molecular formula is C28H42N4O6. The number of carboxylic acids is 1. The molecule has 0 aliphatic carbocycles. The number of aliphatic carboxylic acids is 1. The van der Waals surface area contributed by atoms with E-state index < -0.39 is 17.4 Å². The Hall–Kier alpha value is -2.69. The summed E-state index contributed by atoms with van der Waals surface area (Å²) in [5.74, 6) is -1.40. The van der Waals surface area contributed by atoms with Gasteiger partial charge < -0.3 is 24.4 Å². The van der Waals surface area contributed by atoms with Gasteiger partial charge in [-0.2, -0.15) is 0 Å². The summed E-state index contributed by atoms with van der Waals surface area (Å²) in [6.07, 6.45) is 1.10. The molecule has 4 rings (SSSR count). The average Bonchev–Trinajstić information content (AvgIpc) is 3.25. The van der Waals surface area contributed by atoms with E-state index in [2.05, 4.69) is 45.0 Å². The Morgan fingerprint density at radius 1 is 1.00 bits per heavy atom. The Bertz CT molecular complexity index is 929. The molecule has 1 unspecified atom stereocenters. The zero-order chi connectivity index (χ0) is 27.0. The highest BCUT2D eigenvalue weighted by Gasteiger charge is 2.45. The van der Waals surface area contributed by atoms with Crippen LogP contribution in [0, 0.1) is 5.41 Å². The van der Waals surface area contributed by atoms with E-state index in [-0.39, 0.29) is 25.2 Å². The highest BCUT2D eigenvalue weighted by atomic mass is 16.6. The fraction of sp³-hybridized carbons (Fsp3) is 0.679. The molecule has 3 saturated heterocycles. The lowest BCUT2D eigenvalue weighted by molar-refractivity contribution is -0.164. The van der Waals surface area contributed by atoms with Gasteiger partial charge in [0.1, 0.15) is 6.10 Å². The molecule has 1 amide bonds. The highest BCUT2D eigenvalue weighted by Crippen LogP contribution is 2.37. The zero-order valence-electron chi connectivity index (χ0n) is 22.6. The summed E-state index contributed by atoms with van der Waals surface area (Å²) in [4.78, 5) is 45.3. The first-order chi connectivity index (χ1) is 18.4. The summed E-state index contributed by atoms with van der Waals surface area (Å²) in [6.45, 7) is 11.2. The van der Waals surface area contributed by atoms with Crippen molar-refractivity contribution < 1.29 is 29.0 Å². The first kappa shape index (κ1) is 28.3. The minimum atomic E-state index is -0.985. The zero-order valence-corrected chi connectivity index (χ0v) is 22.6. The molecule has 0 radical (unpaired) electrons. The molecule has 1 aromatic rings. The molecule has 3 aliphatic rings. The molecule has 210 valence electrons. The molecule has 10 nitrogen and oxygen atoms in total. The summed E-state index contributed by atoms with van der Waals surface area (Å²) in [7, 11) is 0. The van der Waals surface area contributed by atoms with E-state index in [4.69, 9.17) is 9.47 Å². The van der Waals surface area contributed by atoms with Crippen LogP contribution in [0.15, 0.2) is 30.3 Å². The fourth-order valence-corrected chi connectivity index (χ4v) is 5.83. The number of carboxylic acid groups (broad SMARTS) is 1. The number of carbonyl (C=O) groups excluding carboxylic acids is 2. The van der Waals surface area contributed by atoms with Gasteiger partial charge in [-0.05, 0) is 51.4 Å². The monoisotopic (exact) mass is 530 g/mol. The number of ether oxygens (including phenoxy) is 2. The second-order valence-electron chi connectivity index (χ2n) is 10.8. The lowest BCUT2D eigenvalue weighted by atomic mass is 9.75. The number of nitrogens with zero attached hydrogens (tertiary/aromatic N) is 4. The Morgan fingerprint density at radius 3 is 2.34 bits per heavy atom. The number of piperazine rings is 1. The van der Waals surface area contributed by atoms with Gasteiger partial charge in [0.2, 0.25) is 0 Å². The molecule has 0 spiro atoms. The minimum absolute atomic E-state index is 0.210. The first-order valence-corrected chi connectivity index (χ1v) is 13.9. The topological polar surface area (TPSA) is 103 Å². The predicted octanol–water partition coefficient (Wildman–Crippen LogP) is 2.14. The van der Waals surface area contributed by atoms with E-state index in [9.17, 15) is 19.5 Å². The Morgan fingerprint density at radius 2 is 1.68 bits per heavy atom. The molecule has 0 aromatic heterocycles. The van der Waals surface area contributed by atoms with Crippen LogP contribution in [0.1, 0.15) is 38.2 Å². The SMILES string of the molecule is CCOC(=O)C1(CC(=O)O)CCN(CC2CN(CCCN3CCN(Cc4ccccc4)CC3)C(=O)O2)CC1. The van der Waals surface area contributed by atoms with Gasteiger partial charge in [-0.3, -0.25) is 19.4 Å². The maximum atomic E-state index is 12.5. The predicted molar refractivity (Wildman–Crippen MR) is 142 cm³/mol. The van der Waals surface area contributed by atoms with E-state index in [1.807, 2.05) is 0 Å². The molecule has 10 heteroatoms. The molecular weight excluding hydrogens is 488 g/mol. The Balaban J connectivity index is 1.14. The van der Waals surface area contributed by atoms with Crippen LogP contribution in [0.5, 0.6) is 0 Å². The van der Waals surface area contributed by atoms with Crippen LogP contribution in [0.25, 0.3) is 0 Å². The highest BCUT2D eigenvalue weighted by molar-refractivity contribution is 5.83. The summed E-state index contributed by atoms with van der Waals surface area (Å²) >= 11 is 0. The molecule has 3 heterocycles. The van der Waals surface area contributed by atoms with Gasteiger partial charge >= 0.3 is 18.0 Å². The number of hydrogen-bond acceptors (Lipinski definition) is 8. The Kier molecular flexibility index (Phi) is 9.98. The second kappa shape index (κ2) is 13.4. The average molecular weight is 531 g/mol. The number of rotatable bonds is 12. The normalized spacial score (nSPS) is 22.8. The van der Waals surface area contributed by atoms with Crippen molar-refractivity contribution >= 4 is 18.0 Å². The van der Waals surface area contributed by atoms with Crippen molar-refractivity contribution in [3.63, 3.8) is 0 Å². The van der Waals surface area contributed by atoms with Crippen LogP contribution in [-0.4, -0.2) is 121 Å².